The number of nitrogens with zero attached hydrogens (tertiary/aromatic N) is 2. The monoisotopic (exact) mass is 506 g/mol. The van der Waals surface area contributed by atoms with E-state index in [4.69, 9.17) is 16.7 Å². The number of aromatic carboxylic acids is 1. The fourth-order valence-electron chi connectivity index (χ4n) is 2.98. The summed E-state index contributed by atoms with van der Waals surface area (Å²) in [4.78, 5) is 19.0. The molecular weight excluding hydrogens is 499 g/mol. The SMILES string of the molecule is O=C(O)c1ccc(C2=NOC(c3cc(C(F)(F)F)cc(C(F)(F)F)c3)(C(F)(F)F)C2)nc1Cl. The van der Waals surface area contributed by atoms with E-state index in [9.17, 15) is 44.3 Å². The molecule has 0 fully saturated rings. The highest BCUT2D eigenvalue weighted by Crippen LogP contribution is 2.50. The Morgan fingerprint density at radius 1 is 0.970 bits per heavy atom. The summed E-state index contributed by atoms with van der Waals surface area (Å²) in [5.41, 5.74) is -10.7. The molecule has 0 spiro atoms. The van der Waals surface area contributed by atoms with E-state index < -0.39 is 75.3 Å². The maximum atomic E-state index is 14.0. The second kappa shape index (κ2) is 7.78. The fourth-order valence-corrected chi connectivity index (χ4v) is 3.22. The summed E-state index contributed by atoms with van der Waals surface area (Å²) in [6.07, 6.45) is -17.7. The van der Waals surface area contributed by atoms with Crippen LogP contribution in [-0.4, -0.2) is 27.9 Å². The average Bonchev–Trinajstić information content (AvgIpc) is 3.13. The van der Waals surface area contributed by atoms with Crippen LogP contribution >= 0.6 is 11.6 Å². The molecule has 1 atom stereocenters. The smallest absolute Gasteiger partial charge is 0.435 e. The van der Waals surface area contributed by atoms with Crippen molar-refractivity contribution < 1.29 is 54.3 Å². The van der Waals surface area contributed by atoms with Crippen molar-refractivity contribution in [1.82, 2.24) is 4.98 Å². The molecule has 5 nitrogen and oxygen atoms in total. The summed E-state index contributed by atoms with van der Waals surface area (Å²) in [5.74, 6) is -1.50. The van der Waals surface area contributed by atoms with Gasteiger partial charge in [0, 0.05) is 5.56 Å². The van der Waals surface area contributed by atoms with Crippen LogP contribution in [0.5, 0.6) is 0 Å². The van der Waals surface area contributed by atoms with Gasteiger partial charge < -0.3 is 9.94 Å². The number of aromatic nitrogens is 1. The summed E-state index contributed by atoms with van der Waals surface area (Å²) in [5, 5.41) is 11.5. The first kappa shape index (κ1) is 24.6. The number of oxime groups is 1. The third-order valence-electron chi connectivity index (χ3n) is 4.61. The fraction of sp³-hybridized carbons (Fsp3) is 0.278. The van der Waals surface area contributed by atoms with E-state index in [1.165, 1.54) is 0 Å². The van der Waals surface area contributed by atoms with Crippen molar-refractivity contribution in [2.75, 3.05) is 0 Å². The van der Waals surface area contributed by atoms with Crippen LogP contribution in [0, 0.1) is 0 Å². The second-order valence-electron chi connectivity index (χ2n) is 6.77. The molecule has 0 saturated heterocycles. The number of carboxylic acid groups (broad SMARTS) is 1. The first-order valence-corrected chi connectivity index (χ1v) is 8.85. The molecular formula is C18H8ClF9N2O3. The van der Waals surface area contributed by atoms with Crippen molar-refractivity contribution in [2.45, 2.75) is 30.6 Å². The Morgan fingerprint density at radius 3 is 1.94 bits per heavy atom. The van der Waals surface area contributed by atoms with E-state index in [1.54, 1.807) is 0 Å². The minimum absolute atomic E-state index is 0.102. The summed E-state index contributed by atoms with van der Waals surface area (Å²) in [7, 11) is 0. The van der Waals surface area contributed by atoms with Gasteiger partial charge in [-0.05, 0) is 30.3 Å². The van der Waals surface area contributed by atoms with Crippen LogP contribution in [0.2, 0.25) is 5.15 Å². The van der Waals surface area contributed by atoms with E-state index in [1.807, 2.05) is 0 Å². The topological polar surface area (TPSA) is 71.8 Å². The van der Waals surface area contributed by atoms with Crippen molar-refractivity contribution in [1.29, 1.82) is 0 Å². The summed E-state index contributed by atoms with van der Waals surface area (Å²) in [6.45, 7) is 0. The minimum Gasteiger partial charge on any atom is -0.478 e. The van der Waals surface area contributed by atoms with E-state index in [0.29, 0.717) is 0 Å². The van der Waals surface area contributed by atoms with Crippen LogP contribution in [0.15, 0.2) is 35.5 Å². The predicted octanol–water partition coefficient (Wildman–Crippen LogP) is 6.05. The molecule has 2 heterocycles. The number of pyridine rings is 1. The number of alkyl halides is 9. The summed E-state index contributed by atoms with van der Waals surface area (Å²) in [6, 6.07) is 1.27. The van der Waals surface area contributed by atoms with Gasteiger partial charge in [-0.25, -0.2) is 9.78 Å². The maximum absolute atomic E-state index is 14.0. The van der Waals surface area contributed by atoms with Gasteiger partial charge >= 0.3 is 24.5 Å². The number of benzene rings is 1. The molecule has 2 aromatic rings. The molecule has 1 N–H and O–H groups in total. The number of rotatable bonds is 3. The molecule has 0 saturated carbocycles. The summed E-state index contributed by atoms with van der Waals surface area (Å²) >= 11 is 5.66. The zero-order valence-electron chi connectivity index (χ0n) is 15.5. The van der Waals surface area contributed by atoms with Crippen molar-refractivity contribution in [2.24, 2.45) is 5.16 Å². The highest BCUT2D eigenvalue weighted by molar-refractivity contribution is 6.32. The highest BCUT2D eigenvalue weighted by Gasteiger charge is 2.63. The van der Waals surface area contributed by atoms with Gasteiger partial charge in [0.25, 0.3) is 5.60 Å². The van der Waals surface area contributed by atoms with Crippen LogP contribution in [0.4, 0.5) is 39.5 Å². The van der Waals surface area contributed by atoms with Gasteiger partial charge in [0.15, 0.2) is 0 Å². The third-order valence-corrected chi connectivity index (χ3v) is 4.90. The molecule has 0 radical (unpaired) electrons. The normalized spacial score (nSPS) is 19.3. The van der Waals surface area contributed by atoms with E-state index in [-0.39, 0.29) is 18.2 Å². The molecule has 0 amide bonds. The van der Waals surface area contributed by atoms with E-state index >= 15 is 0 Å². The van der Waals surface area contributed by atoms with Gasteiger partial charge in [0.05, 0.1) is 28.8 Å². The lowest BCUT2D eigenvalue weighted by Gasteiger charge is -2.30. The maximum Gasteiger partial charge on any atom is 0.435 e. The molecule has 1 unspecified atom stereocenters. The highest BCUT2D eigenvalue weighted by atomic mass is 35.5. The number of hydrogen-bond acceptors (Lipinski definition) is 4. The Morgan fingerprint density at radius 2 is 1.52 bits per heavy atom. The lowest BCUT2D eigenvalue weighted by Crippen LogP contribution is -2.43. The molecule has 1 aromatic carbocycles. The lowest BCUT2D eigenvalue weighted by atomic mass is 9.85. The van der Waals surface area contributed by atoms with Gasteiger partial charge in [-0.1, -0.05) is 16.8 Å². The Hall–Kier alpha value is -3.03. The van der Waals surface area contributed by atoms with Crippen molar-refractivity contribution >= 4 is 23.3 Å². The lowest BCUT2D eigenvalue weighted by molar-refractivity contribution is -0.276. The first-order chi connectivity index (χ1) is 15.0. The predicted molar refractivity (Wildman–Crippen MR) is 92.6 cm³/mol. The number of carbonyl (C=O) groups is 1. The molecule has 1 aromatic heterocycles. The molecule has 1 aliphatic rings. The Kier molecular flexibility index (Phi) is 5.80. The molecule has 178 valence electrons. The zero-order valence-corrected chi connectivity index (χ0v) is 16.3. The van der Waals surface area contributed by atoms with Crippen LogP contribution in [0.3, 0.4) is 0 Å². The average molecular weight is 507 g/mol. The summed E-state index contributed by atoms with van der Waals surface area (Å²) < 4.78 is 121. The van der Waals surface area contributed by atoms with E-state index in [2.05, 4.69) is 15.0 Å². The largest absolute Gasteiger partial charge is 0.478 e. The Labute approximate surface area is 182 Å². The van der Waals surface area contributed by atoms with Gasteiger partial charge in [-0.2, -0.15) is 39.5 Å². The second-order valence-corrected chi connectivity index (χ2v) is 7.12. The molecule has 1 aliphatic heterocycles. The van der Waals surface area contributed by atoms with E-state index in [0.717, 1.165) is 12.1 Å². The van der Waals surface area contributed by atoms with Crippen molar-refractivity contribution in [3.8, 4) is 0 Å². The number of halogens is 10. The quantitative estimate of drug-likeness (QED) is 0.406. The Balaban J connectivity index is 2.14. The molecule has 15 heteroatoms. The minimum atomic E-state index is -5.52. The molecule has 3 rings (SSSR count). The Bertz CT molecular complexity index is 1110. The number of hydrogen-bond donors (Lipinski definition) is 1. The zero-order chi connectivity index (χ0) is 25.0. The van der Waals surface area contributed by atoms with Crippen LogP contribution in [-0.2, 0) is 22.8 Å². The molecule has 0 aliphatic carbocycles. The van der Waals surface area contributed by atoms with Gasteiger partial charge in [-0.3, -0.25) is 0 Å². The van der Waals surface area contributed by atoms with Crippen LogP contribution in [0.1, 0.15) is 39.2 Å². The van der Waals surface area contributed by atoms with Crippen molar-refractivity contribution in [3.05, 3.63) is 63.4 Å². The third kappa shape index (κ3) is 4.56. The van der Waals surface area contributed by atoms with Gasteiger partial charge in [0.1, 0.15) is 10.9 Å². The van der Waals surface area contributed by atoms with Crippen LogP contribution in [0.25, 0.3) is 0 Å². The molecule has 33 heavy (non-hydrogen) atoms. The van der Waals surface area contributed by atoms with Crippen LogP contribution < -0.4 is 0 Å². The first-order valence-electron chi connectivity index (χ1n) is 8.47. The standard InChI is InChI=1S/C18H8ClF9N2O3/c19-13-10(14(31)32)1-2-11(29-13)12-6-15(33-30-12,18(26,27)28)7-3-8(16(20,21)22)5-9(4-7)17(23,24)25/h1-5H,6H2,(H,31,32). The van der Waals surface area contributed by atoms with Gasteiger partial charge in [-0.15, -0.1) is 0 Å². The molecule has 0 bridgehead atoms. The number of carboxylic acids is 1. The van der Waals surface area contributed by atoms with Gasteiger partial charge in [0.2, 0.25) is 0 Å². The van der Waals surface area contributed by atoms with Crippen molar-refractivity contribution in [3.63, 3.8) is 0 Å².